The molecule has 1 amide bonds. The van der Waals surface area contributed by atoms with Crippen molar-refractivity contribution < 1.29 is 4.79 Å². The van der Waals surface area contributed by atoms with E-state index in [-0.39, 0.29) is 11.7 Å². The molecule has 0 saturated carbocycles. The molecular formula is C11H11BrN4OS. The van der Waals surface area contributed by atoms with Gasteiger partial charge in [-0.3, -0.25) is 10.1 Å². The number of nitrogens with one attached hydrogen (secondary N) is 1. The third-order valence-corrected chi connectivity index (χ3v) is 3.80. The van der Waals surface area contributed by atoms with E-state index in [4.69, 9.17) is 5.73 Å². The average molecular weight is 327 g/mol. The fourth-order valence-corrected chi connectivity index (χ4v) is 2.46. The van der Waals surface area contributed by atoms with Crippen LogP contribution in [-0.2, 0) is 0 Å². The second-order valence-electron chi connectivity index (χ2n) is 3.70. The minimum Gasteiger partial charge on any atom is -0.383 e. The number of amides is 1. The van der Waals surface area contributed by atoms with Gasteiger partial charge >= 0.3 is 0 Å². The Morgan fingerprint density at radius 1 is 1.50 bits per heavy atom. The van der Waals surface area contributed by atoms with Gasteiger partial charge in [0.15, 0.2) is 5.13 Å². The number of aromatic nitrogens is 2. The molecule has 0 aliphatic rings. The van der Waals surface area contributed by atoms with E-state index in [9.17, 15) is 4.79 Å². The van der Waals surface area contributed by atoms with E-state index in [1.54, 1.807) is 12.3 Å². The van der Waals surface area contributed by atoms with Gasteiger partial charge in [0.1, 0.15) is 5.82 Å². The molecule has 2 rings (SSSR count). The minimum atomic E-state index is -0.310. The second kappa shape index (κ2) is 5.03. The summed E-state index contributed by atoms with van der Waals surface area (Å²) in [5, 5.41) is 3.28. The minimum absolute atomic E-state index is 0.195. The number of nitrogen functional groups attached to an aromatic ring is 1. The molecule has 7 heteroatoms. The molecule has 3 N–H and O–H groups in total. The number of hydrogen-bond acceptors (Lipinski definition) is 5. The highest BCUT2D eigenvalue weighted by Gasteiger charge is 2.14. The summed E-state index contributed by atoms with van der Waals surface area (Å²) in [6, 6.07) is 1.63. The molecule has 5 nitrogen and oxygen atoms in total. The largest absolute Gasteiger partial charge is 0.383 e. The third-order valence-electron chi connectivity index (χ3n) is 2.38. The summed E-state index contributed by atoms with van der Waals surface area (Å²) in [6.07, 6.45) is 1.55. The maximum atomic E-state index is 12.0. The molecule has 2 aromatic heterocycles. The van der Waals surface area contributed by atoms with E-state index in [0.29, 0.717) is 15.2 Å². The Labute approximate surface area is 117 Å². The SMILES string of the molecule is Cc1nc(NC(=O)c2cc(Br)cnc2N)sc1C. The van der Waals surface area contributed by atoms with Gasteiger partial charge in [0, 0.05) is 15.5 Å². The second-order valence-corrected chi connectivity index (χ2v) is 5.82. The van der Waals surface area contributed by atoms with E-state index in [1.807, 2.05) is 13.8 Å². The quantitative estimate of drug-likeness (QED) is 0.889. The van der Waals surface area contributed by atoms with Crippen LogP contribution in [0.4, 0.5) is 10.9 Å². The first-order chi connectivity index (χ1) is 8.47. The Morgan fingerprint density at radius 3 is 2.83 bits per heavy atom. The maximum Gasteiger partial charge on any atom is 0.261 e. The van der Waals surface area contributed by atoms with Crippen LogP contribution in [0.15, 0.2) is 16.7 Å². The zero-order valence-electron chi connectivity index (χ0n) is 9.82. The lowest BCUT2D eigenvalue weighted by molar-refractivity contribution is 0.102. The summed E-state index contributed by atoms with van der Waals surface area (Å²) in [4.78, 5) is 21.3. The van der Waals surface area contributed by atoms with Gasteiger partial charge in [0.25, 0.3) is 5.91 Å². The zero-order valence-corrected chi connectivity index (χ0v) is 12.2. The van der Waals surface area contributed by atoms with Gasteiger partial charge in [0.2, 0.25) is 0 Å². The van der Waals surface area contributed by atoms with Crippen molar-refractivity contribution in [3.8, 4) is 0 Å². The first-order valence-corrected chi connectivity index (χ1v) is 6.74. The Morgan fingerprint density at radius 2 is 2.22 bits per heavy atom. The number of halogens is 1. The van der Waals surface area contributed by atoms with Crippen LogP contribution < -0.4 is 11.1 Å². The Kier molecular flexibility index (Phi) is 3.63. The number of nitrogens with zero attached hydrogens (tertiary/aromatic N) is 2. The number of nitrogens with two attached hydrogens (primary N) is 1. The third kappa shape index (κ3) is 2.68. The number of pyridine rings is 1. The van der Waals surface area contributed by atoms with Gasteiger partial charge in [-0.15, -0.1) is 11.3 Å². The van der Waals surface area contributed by atoms with Crippen LogP contribution in [0.1, 0.15) is 20.9 Å². The topological polar surface area (TPSA) is 80.9 Å². The predicted octanol–water partition coefficient (Wildman–Crippen LogP) is 2.75. The van der Waals surface area contributed by atoms with Crippen LogP contribution in [0, 0.1) is 13.8 Å². The Bertz CT molecular complexity index is 592. The van der Waals surface area contributed by atoms with Crippen molar-refractivity contribution in [2.24, 2.45) is 0 Å². The summed E-state index contributed by atoms with van der Waals surface area (Å²) < 4.78 is 0.702. The number of anilines is 2. The van der Waals surface area contributed by atoms with Crippen molar-refractivity contribution in [1.29, 1.82) is 0 Å². The maximum absolute atomic E-state index is 12.0. The molecule has 94 valence electrons. The van der Waals surface area contributed by atoms with Gasteiger partial charge < -0.3 is 5.73 Å². The highest BCUT2D eigenvalue weighted by atomic mass is 79.9. The molecule has 0 spiro atoms. The molecule has 0 atom stereocenters. The van der Waals surface area contributed by atoms with Gasteiger partial charge in [-0.05, 0) is 35.8 Å². The lowest BCUT2D eigenvalue weighted by Crippen LogP contribution is -2.14. The number of carbonyl (C=O) groups is 1. The van der Waals surface area contributed by atoms with Crippen molar-refractivity contribution in [2.75, 3.05) is 11.1 Å². The number of aryl methyl sites for hydroxylation is 2. The Balaban J connectivity index is 2.24. The molecular weight excluding hydrogens is 316 g/mol. The number of thiazole rings is 1. The van der Waals surface area contributed by atoms with Crippen molar-refractivity contribution in [1.82, 2.24) is 9.97 Å². The highest BCUT2D eigenvalue weighted by molar-refractivity contribution is 9.10. The summed E-state index contributed by atoms with van der Waals surface area (Å²) in [5.41, 5.74) is 6.91. The van der Waals surface area contributed by atoms with Gasteiger partial charge in [-0.2, -0.15) is 0 Å². The monoisotopic (exact) mass is 326 g/mol. The van der Waals surface area contributed by atoms with Crippen molar-refractivity contribution in [2.45, 2.75) is 13.8 Å². The van der Waals surface area contributed by atoms with E-state index < -0.39 is 0 Å². The lowest BCUT2D eigenvalue weighted by Gasteiger charge is -2.04. The molecule has 0 radical (unpaired) electrons. The molecule has 0 aliphatic heterocycles. The first-order valence-electron chi connectivity index (χ1n) is 5.14. The zero-order chi connectivity index (χ0) is 13.3. The van der Waals surface area contributed by atoms with Crippen molar-refractivity contribution in [3.05, 3.63) is 32.9 Å². The van der Waals surface area contributed by atoms with Crippen LogP contribution in [0.3, 0.4) is 0 Å². The average Bonchev–Trinajstić information content (AvgIpc) is 2.61. The summed E-state index contributed by atoms with van der Waals surface area (Å²) >= 11 is 4.69. The van der Waals surface area contributed by atoms with E-state index >= 15 is 0 Å². The fraction of sp³-hybridized carbons (Fsp3) is 0.182. The highest BCUT2D eigenvalue weighted by Crippen LogP contribution is 2.23. The van der Waals surface area contributed by atoms with Crippen molar-refractivity contribution >= 4 is 44.1 Å². The van der Waals surface area contributed by atoms with Crippen LogP contribution in [0.2, 0.25) is 0 Å². The van der Waals surface area contributed by atoms with Crippen LogP contribution in [-0.4, -0.2) is 15.9 Å². The molecule has 0 saturated heterocycles. The number of carbonyl (C=O) groups excluding carboxylic acids is 1. The number of rotatable bonds is 2. The molecule has 0 aliphatic carbocycles. The molecule has 2 heterocycles. The standard InChI is InChI=1S/C11H11BrN4OS/c1-5-6(2)18-11(15-5)16-10(17)8-3-7(12)4-14-9(8)13/h3-4H,1-2H3,(H2,13,14)(H,15,16,17). The van der Waals surface area contributed by atoms with Gasteiger partial charge in [-0.1, -0.05) is 0 Å². The summed E-state index contributed by atoms with van der Waals surface area (Å²) in [7, 11) is 0. The fourth-order valence-electron chi connectivity index (χ4n) is 1.32. The lowest BCUT2D eigenvalue weighted by atomic mass is 10.2. The van der Waals surface area contributed by atoms with Crippen LogP contribution in [0.25, 0.3) is 0 Å². The molecule has 0 unspecified atom stereocenters. The first kappa shape index (κ1) is 13.0. The van der Waals surface area contributed by atoms with Gasteiger partial charge in [0.05, 0.1) is 11.3 Å². The van der Waals surface area contributed by atoms with E-state index in [2.05, 4.69) is 31.2 Å². The molecule has 2 aromatic rings. The van der Waals surface area contributed by atoms with Crippen LogP contribution >= 0.6 is 27.3 Å². The normalized spacial score (nSPS) is 10.4. The molecule has 0 bridgehead atoms. The molecule has 0 fully saturated rings. The van der Waals surface area contributed by atoms with Crippen LogP contribution in [0.5, 0.6) is 0 Å². The van der Waals surface area contributed by atoms with Crippen molar-refractivity contribution in [3.63, 3.8) is 0 Å². The molecule has 0 aromatic carbocycles. The van der Waals surface area contributed by atoms with E-state index in [0.717, 1.165) is 10.6 Å². The summed E-state index contributed by atoms with van der Waals surface area (Å²) in [5.74, 6) is -0.115. The predicted molar refractivity (Wildman–Crippen MR) is 75.9 cm³/mol. The Hall–Kier alpha value is -1.47. The number of hydrogen-bond donors (Lipinski definition) is 2. The van der Waals surface area contributed by atoms with Gasteiger partial charge in [-0.25, -0.2) is 9.97 Å². The van der Waals surface area contributed by atoms with E-state index in [1.165, 1.54) is 11.3 Å². The summed E-state index contributed by atoms with van der Waals surface area (Å²) in [6.45, 7) is 3.86. The molecule has 18 heavy (non-hydrogen) atoms. The smallest absolute Gasteiger partial charge is 0.261 e.